The van der Waals surface area contributed by atoms with Crippen LogP contribution in [0.4, 0.5) is 0 Å². The van der Waals surface area contributed by atoms with Crippen LogP contribution in [0.5, 0.6) is 0 Å². The Morgan fingerprint density at radius 1 is 0.837 bits per heavy atom. The number of carboxylic acids is 2. The minimum Gasteiger partial charge on any atom is -0.481 e. The zero-order chi connectivity index (χ0) is 31.5. The average molecular weight is 603 g/mol. The van der Waals surface area contributed by atoms with Gasteiger partial charge < -0.3 is 19.7 Å². The second-order valence-corrected chi connectivity index (χ2v) is 15.0. The molecule has 0 spiro atoms. The summed E-state index contributed by atoms with van der Waals surface area (Å²) in [5.41, 5.74) is 1.26. The van der Waals surface area contributed by atoms with Gasteiger partial charge in [0.1, 0.15) is 12.2 Å². The van der Waals surface area contributed by atoms with Gasteiger partial charge in [0.15, 0.2) is 0 Å². The van der Waals surface area contributed by atoms with E-state index >= 15 is 0 Å². The van der Waals surface area contributed by atoms with Crippen LogP contribution in [0.3, 0.4) is 0 Å². The Labute approximate surface area is 257 Å². The fourth-order valence-corrected chi connectivity index (χ4v) is 9.70. The highest BCUT2D eigenvalue weighted by Crippen LogP contribution is 2.67. The molecule has 242 valence electrons. The van der Waals surface area contributed by atoms with Gasteiger partial charge in [0.05, 0.1) is 25.7 Å². The molecule has 8 nitrogen and oxygen atoms in total. The first-order valence-corrected chi connectivity index (χ1v) is 16.8. The lowest BCUT2D eigenvalue weighted by Crippen LogP contribution is -2.55. The summed E-state index contributed by atoms with van der Waals surface area (Å²) >= 11 is 0. The molecule has 0 heterocycles. The van der Waals surface area contributed by atoms with Gasteiger partial charge in [-0.3, -0.25) is 19.2 Å². The summed E-state index contributed by atoms with van der Waals surface area (Å²) in [6, 6.07) is 0. The van der Waals surface area contributed by atoms with E-state index < -0.39 is 30.0 Å². The predicted molar refractivity (Wildman–Crippen MR) is 162 cm³/mol. The lowest BCUT2D eigenvalue weighted by molar-refractivity contribution is -0.164. The van der Waals surface area contributed by atoms with Crippen LogP contribution < -0.4 is 0 Å². The van der Waals surface area contributed by atoms with Crippen molar-refractivity contribution in [1.29, 1.82) is 0 Å². The smallest absolute Gasteiger partial charge is 0.306 e. The van der Waals surface area contributed by atoms with Crippen LogP contribution in [0.25, 0.3) is 0 Å². The van der Waals surface area contributed by atoms with Crippen molar-refractivity contribution in [3.8, 4) is 0 Å². The second kappa shape index (κ2) is 13.7. The van der Waals surface area contributed by atoms with Gasteiger partial charge in [-0.1, -0.05) is 59.5 Å². The van der Waals surface area contributed by atoms with Gasteiger partial charge in [0.25, 0.3) is 0 Å². The molecule has 0 aromatic carbocycles. The van der Waals surface area contributed by atoms with Crippen LogP contribution in [0, 0.1) is 46.3 Å². The Bertz CT molecular complexity index is 1080. The minimum absolute atomic E-state index is 0.0824. The highest BCUT2D eigenvalue weighted by Gasteiger charge is 2.62. The molecule has 0 saturated heterocycles. The number of hydrogen-bond acceptors (Lipinski definition) is 6. The topological polar surface area (TPSA) is 127 Å². The zero-order valence-electron chi connectivity index (χ0n) is 26.9. The van der Waals surface area contributed by atoms with Crippen LogP contribution in [-0.2, 0) is 28.7 Å². The number of carboxylic acid groups (broad SMARTS) is 2. The maximum absolute atomic E-state index is 13.0. The van der Waals surface area contributed by atoms with E-state index in [0.717, 1.165) is 43.6 Å². The molecule has 0 radical (unpaired) electrons. The number of hydrogen-bond donors (Lipinski definition) is 2. The molecule has 9 atom stereocenters. The number of carbonyl (C=O) groups excluding carboxylic acids is 2. The summed E-state index contributed by atoms with van der Waals surface area (Å²) in [7, 11) is 0. The molecule has 0 amide bonds. The van der Waals surface area contributed by atoms with Crippen LogP contribution in [0.2, 0.25) is 0 Å². The fourth-order valence-electron chi connectivity index (χ4n) is 9.70. The Balaban J connectivity index is 1.57. The number of ether oxygens (including phenoxy) is 2. The molecule has 3 fully saturated rings. The van der Waals surface area contributed by atoms with Gasteiger partial charge in [-0.25, -0.2) is 0 Å². The van der Waals surface area contributed by atoms with Crippen molar-refractivity contribution in [3.63, 3.8) is 0 Å². The van der Waals surface area contributed by atoms with E-state index in [-0.39, 0.29) is 48.5 Å². The second-order valence-electron chi connectivity index (χ2n) is 15.0. The van der Waals surface area contributed by atoms with E-state index in [1.807, 2.05) is 0 Å². The molecule has 0 aromatic rings. The average Bonchev–Trinajstić information content (AvgIpc) is 3.28. The molecule has 0 bridgehead atoms. The Morgan fingerprint density at radius 3 is 2.12 bits per heavy atom. The first kappa shape index (κ1) is 33.5. The van der Waals surface area contributed by atoms with Gasteiger partial charge >= 0.3 is 23.9 Å². The lowest BCUT2D eigenvalue weighted by Gasteiger charge is -2.59. The van der Waals surface area contributed by atoms with Gasteiger partial charge in [0, 0.05) is 12.3 Å². The standard InChI is InChI=1S/C35H54O8/c1-21(2)7-6-8-22(3)25-9-10-26-33-27(16-18-35(25,26)5)34(4)17-15-24(42-31(40)13-11-29(36)37)19-23(34)20-28(33)43-32(41)14-12-30(38)39/h20-22,24-28,33H,6-19H2,1-5H3,(H,36,37)(H,38,39)/t22-,24+,25?,26+,27+,28-,33+,34+,35-/m1/s1. The molecule has 2 N–H and O–H groups in total. The van der Waals surface area contributed by atoms with Crippen LogP contribution in [-0.4, -0.2) is 46.3 Å². The molecule has 1 unspecified atom stereocenters. The third kappa shape index (κ3) is 7.47. The Hall–Kier alpha value is -2.38. The fraction of sp³-hybridized carbons (Fsp3) is 0.829. The molecular formula is C35H54O8. The van der Waals surface area contributed by atoms with Crippen molar-refractivity contribution < 1.29 is 38.9 Å². The Kier molecular flexibility index (Phi) is 10.7. The van der Waals surface area contributed by atoms with E-state index in [2.05, 4.69) is 40.7 Å². The monoisotopic (exact) mass is 602 g/mol. The number of rotatable bonds is 13. The largest absolute Gasteiger partial charge is 0.481 e. The first-order chi connectivity index (χ1) is 20.2. The number of esters is 2. The van der Waals surface area contributed by atoms with Crippen molar-refractivity contribution in [2.45, 2.75) is 137 Å². The summed E-state index contributed by atoms with van der Waals surface area (Å²) in [6.45, 7) is 11.8. The molecule has 0 aliphatic heterocycles. The molecule has 4 rings (SSSR count). The molecule has 8 heteroatoms. The van der Waals surface area contributed by atoms with E-state index in [9.17, 15) is 19.2 Å². The maximum Gasteiger partial charge on any atom is 0.306 e. The minimum atomic E-state index is -1.02. The Morgan fingerprint density at radius 2 is 1.49 bits per heavy atom. The maximum atomic E-state index is 13.0. The normalized spacial score (nSPS) is 35.6. The summed E-state index contributed by atoms with van der Waals surface area (Å²) in [6.07, 6.45) is 11.1. The van der Waals surface area contributed by atoms with Crippen molar-refractivity contribution in [2.24, 2.45) is 46.3 Å². The van der Waals surface area contributed by atoms with E-state index in [0.29, 0.717) is 30.1 Å². The van der Waals surface area contributed by atoms with Crippen LogP contribution in [0.1, 0.15) is 125 Å². The molecule has 3 saturated carbocycles. The molecule has 43 heavy (non-hydrogen) atoms. The zero-order valence-corrected chi connectivity index (χ0v) is 26.9. The number of carbonyl (C=O) groups is 4. The third-order valence-corrected chi connectivity index (χ3v) is 11.9. The van der Waals surface area contributed by atoms with Crippen LogP contribution >= 0.6 is 0 Å². The van der Waals surface area contributed by atoms with Gasteiger partial charge in [-0.15, -0.1) is 0 Å². The predicted octanol–water partition coefficient (Wildman–Crippen LogP) is 7.19. The van der Waals surface area contributed by atoms with Gasteiger partial charge in [-0.05, 0) is 85.0 Å². The van der Waals surface area contributed by atoms with Crippen molar-refractivity contribution in [3.05, 3.63) is 11.6 Å². The van der Waals surface area contributed by atoms with Crippen LogP contribution in [0.15, 0.2) is 11.6 Å². The van der Waals surface area contributed by atoms with Gasteiger partial charge in [-0.2, -0.15) is 0 Å². The quantitative estimate of drug-likeness (QED) is 0.167. The van der Waals surface area contributed by atoms with Gasteiger partial charge in [0.2, 0.25) is 0 Å². The SMILES string of the molecule is CC(C)CCC[C@@H](C)C1CC[C@H]2[C@@H]3[C@H](OC(=O)CCC(=O)O)C=C4C[C@@H](OC(=O)CCC(=O)O)CC[C@]4(C)[C@H]3CC[C@]12C. The third-order valence-electron chi connectivity index (χ3n) is 11.9. The highest BCUT2D eigenvalue weighted by atomic mass is 16.5. The highest BCUT2D eigenvalue weighted by molar-refractivity contribution is 5.77. The van der Waals surface area contributed by atoms with Crippen molar-refractivity contribution >= 4 is 23.9 Å². The summed E-state index contributed by atoms with van der Waals surface area (Å²) in [4.78, 5) is 47.4. The van der Waals surface area contributed by atoms with E-state index in [1.165, 1.54) is 25.7 Å². The summed E-state index contributed by atoms with van der Waals surface area (Å²) in [5.74, 6) is -0.0277. The number of aliphatic carboxylic acids is 2. The van der Waals surface area contributed by atoms with Crippen molar-refractivity contribution in [1.82, 2.24) is 0 Å². The summed E-state index contributed by atoms with van der Waals surface area (Å²) < 4.78 is 11.9. The molecule has 4 aliphatic carbocycles. The first-order valence-electron chi connectivity index (χ1n) is 16.8. The van der Waals surface area contributed by atoms with E-state index in [4.69, 9.17) is 19.7 Å². The molecule has 4 aliphatic rings. The molecule has 0 aromatic heterocycles. The summed E-state index contributed by atoms with van der Waals surface area (Å²) in [5, 5.41) is 18.1. The van der Waals surface area contributed by atoms with E-state index in [1.54, 1.807) is 0 Å². The number of fused-ring (bicyclic) bond motifs is 5. The van der Waals surface area contributed by atoms with Crippen molar-refractivity contribution in [2.75, 3.05) is 0 Å². The lowest BCUT2D eigenvalue weighted by atomic mass is 9.46. The molecular weight excluding hydrogens is 548 g/mol.